The van der Waals surface area contributed by atoms with E-state index in [2.05, 4.69) is 11.4 Å². The molecule has 1 rings (SSSR count). The van der Waals surface area contributed by atoms with Crippen LogP contribution in [0.3, 0.4) is 0 Å². The lowest BCUT2D eigenvalue weighted by Gasteiger charge is -2.21. The number of likely N-dealkylation sites (N-methyl/N-ethyl adjacent to an activating group) is 2. The normalized spacial score (nSPS) is 10.9. The first kappa shape index (κ1) is 15.1. The Bertz CT molecular complexity index is 341. The third-order valence-electron chi connectivity index (χ3n) is 2.72. The fourth-order valence-corrected chi connectivity index (χ4v) is 2.31. The van der Waals surface area contributed by atoms with Crippen LogP contribution in [0, 0.1) is 0 Å². The molecule has 5 heteroatoms. The summed E-state index contributed by atoms with van der Waals surface area (Å²) in [5.41, 5.74) is 1.19. The average Bonchev–Trinajstić information content (AvgIpc) is 2.82. The Morgan fingerprint density at radius 1 is 1.44 bits per heavy atom. The third kappa shape index (κ3) is 5.62. The second-order valence-corrected chi connectivity index (χ2v) is 5.25. The molecule has 0 aromatic carbocycles. The number of carbonyl (C=O) groups excluding carboxylic acids is 1. The van der Waals surface area contributed by atoms with Crippen LogP contribution in [-0.2, 0) is 16.1 Å². The Balaban J connectivity index is 2.26. The summed E-state index contributed by atoms with van der Waals surface area (Å²) in [4.78, 5) is 15.8. The molecular formula is C13H22N2O2S. The van der Waals surface area contributed by atoms with Gasteiger partial charge in [-0.2, -0.15) is 11.3 Å². The Kier molecular flexibility index (Phi) is 6.93. The number of hydrogen-bond acceptors (Lipinski definition) is 4. The summed E-state index contributed by atoms with van der Waals surface area (Å²) in [5, 5.41) is 4.11. The quantitative estimate of drug-likeness (QED) is 0.674. The number of rotatable bonds is 8. The van der Waals surface area contributed by atoms with E-state index in [9.17, 15) is 4.79 Å². The summed E-state index contributed by atoms with van der Waals surface area (Å²) in [6.45, 7) is 2.77. The SMILES string of the molecule is COCCCN(C)CC(=O)N(C)Cc1ccsc1. The smallest absolute Gasteiger partial charge is 0.236 e. The Hall–Kier alpha value is -0.910. The van der Waals surface area contributed by atoms with E-state index in [1.165, 1.54) is 5.56 Å². The first-order valence-electron chi connectivity index (χ1n) is 6.06. The zero-order valence-corrected chi connectivity index (χ0v) is 12.2. The number of nitrogens with zero attached hydrogens (tertiary/aromatic N) is 2. The van der Waals surface area contributed by atoms with Gasteiger partial charge in [-0.25, -0.2) is 0 Å². The minimum Gasteiger partial charge on any atom is -0.385 e. The Morgan fingerprint density at radius 2 is 2.22 bits per heavy atom. The minimum absolute atomic E-state index is 0.154. The van der Waals surface area contributed by atoms with Crippen molar-refractivity contribution in [2.75, 3.05) is 40.9 Å². The molecule has 1 amide bonds. The molecule has 0 aliphatic heterocycles. The van der Waals surface area contributed by atoms with Gasteiger partial charge in [0.25, 0.3) is 0 Å². The van der Waals surface area contributed by atoms with Crippen molar-refractivity contribution in [1.29, 1.82) is 0 Å². The van der Waals surface area contributed by atoms with Gasteiger partial charge in [0.05, 0.1) is 6.54 Å². The lowest BCUT2D eigenvalue weighted by atomic mass is 10.3. The van der Waals surface area contributed by atoms with Crippen molar-refractivity contribution in [3.05, 3.63) is 22.4 Å². The molecule has 0 bridgehead atoms. The standard InChI is InChI=1S/C13H22N2O2S/c1-14(6-4-7-17-3)10-13(16)15(2)9-12-5-8-18-11-12/h5,8,11H,4,6-7,9-10H2,1-3H3. The Morgan fingerprint density at radius 3 is 2.83 bits per heavy atom. The minimum atomic E-state index is 0.154. The van der Waals surface area contributed by atoms with Crippen molar-refractivity contribution in [3.63, 3.8) is 0 Å². The molecule has 0 aliphatic carbocycles. The van der Waals surface area contributed by atoms with Gasteiger partial charge in [-0.3, -0.25) is 9.69 Å². The van der Waals surface area contributed by atoms with E-state index in [0.717, 1.165) is 19.6 Å². The number of ether oxygens (including phenoxy) is 1. The summed E-state index contributed by atoms with van der Waals surface area (Å²) >= 11 is 1.66. The maximum absolute atomic E-state index is 12.0. The maximum Gasteiger partial charge on any atom is 0.236 e. The van der Waals surface area contributed by atoms with Gasteiger partial charge in [0.15, 0.2) is 0 Å². The van der Waals surface area contributed by atoms with Gasteiger partial charge in [0, 0.05) is 33.9 Å². The number of amides is 1. The summed E-state index contributed by atoms with van der Waals surface area (Å²) in [6.07, 6.45) is 0.953. The zero-order chi connectivity index (χ0) is 13.4. The van der Waals surface area contributed by atoms with Gasteiger partial charge < -0.3 is 9.64 Å². The van der Waals surface area contributed by atoms with Crippen molar-refractivity contribution in [2.45, 2.75) is 13.0 Å². The van der Waals surface area contributed by atoms with Crippen LogP contribution in [0.4, 0.5) is 0 Å². The maximum atomic E-state index is 12.0. The molecule has 4 nitrogen and oxygen atoms in total. The topological polar surface area (TPSA) is 32.8 Å². The zero-order valence-electron chi connectivity index (χ0n) is 11.4. The third-order valence-corrected chi connectivity index (χ3v) is 3.45. The Labute approximate surface area is 113 Å². The van der Waals surface area contributed by atoms with E-state index in [1.54, 1.807) is 23.3 Å². The summed E-state index contributed by atoms with van der Waals surface area (Å²) in [7, 11) is 5.51. The lowest BCUT2D eigenvalue weighted by Crippen LogP contribution is -2.36. The van der Waals surface area contributed by atoms with Crippen molar-refractivity contribution in [1.82, 2.24) is 9.80 Å². The predicted octanol–water partition coefficient (Wildman–Crippen LogP) is 1.67. The summed E-state index contributed by atoms with van der Waals surface area (Å²) in [5.74, 6) is 0.154. The highest BCUT2D eigenvalue weighted by Gasteiger charge is 2.11. The molecule has 1 heterocycles. The van der Waals surface area contributed by atoms with Gasteiger partial charge in [-0.15, -0.1) is 0 Å². The van der Waals surface area contributed by atoms with Crippen LogP contribution in [0.1, 0.15) is 12.0 Å². The highest BCUT2D eigenvalue weighted by Crippen LogP contribution is 2.08. The summed E-state index contributed by atoms with van der Waals surface area (Å²) in [6, 6.07) is 2.05. The van der Waals surface area contributed by atoms with E-state index in [-0.39, 0.29) is 5.91 Å². The fraction of sp³-hybridized carbons (Fsp3) is 0.615. The van der Waals surface area contributed by atoms with Crippen LogP contribution in [-0.4, -0.2) is 56.6 Å². The molecule has 0 N–H and O–H groups in total. The number of hydrogen-bond donors (Lipinski definition) is 0. The number of methoxy groups -OCH3 is 1. The van der Waals surface area contributed by atoms with Crippen molar-refractivity contribution >= 4 is 17.2 Å². The number of thiophene rings is 1. The van der Waals surface area contributed by atoms with Crippen LogP contribution in [0.25, 0.3) is 0 Å². The molecule has 0 unspecified atom stereocenters. The van der Waals surface area contributed by atoms with E-state index < -0.39 is 0 Å². The van der Waals surface area contributed by atoms with Gasteiger partial charge in [0.1, 0.15) is 0 Å². The molecule has 0 radical (unpaired) electrons. The van der Waals surface area contributed by atoms with E-state index >= 15 is 0 Å². The predicted molar refractivity (Wildman–Crippen MR) is 74.8 cm³/mol. The molecule has 1 aromatic rings. The van der Waals surface area contributed by atoms with Gasteiger partial charge in [0.2, 0.25) is 5.91 Å². The fourth-order valence-electron chi connectivity index (χ4n) is 1.65. The largest absolute Gasteiger partial charge is 0.385 e. The molecule has 0 saturated carbocycles. The molecule has 0 atom stereocenters. The molecular weight excluding hydrogens is 248 g/mol. The highest BCUT2D eigenvalue weighted by molar-refractivity contribution is 7.07. The van der Waals surface area contributed by atoms with E-state index in [4.69, 9.17) is 4.74 Å². The van der Waals surface area contributed by atoms with Crippen LogP contribution < -0.4 is 0 Å². The average molecular weight is 270 g/mol. The van der Waals surface area contributed by atoms with Crippen molar-refractivity contribution in [3.8, 4) is 0 Å². The molecule has 0 aliphatic rings. The molecule has 102 valence electrons. The van der Waals surface area contributed by atoms with E-state index in [1.807, 2.05) is 24.4 Å². The van der Waals surface area contributed by atoms with Gasteiger partial charge in [-0.1, -0.05) is 0 Å². The van der Waals surface area contributed by atoms with E-state index in [0.29, 0.717) is 13.1 Å². The molecule has 0 spiro atoms. The second kappa shape index (κ2) is 8.24. The molecule has 1 aromatic heterocycles. The van der Waals surface area contributed by atoms with Crippen LogP contribution in [0.2, 0.25) is 0 Å². The van der Waals surface area contributed by atoms with Crippen molar-refractivity contribution in [2.24, 2.45) is 0 Å². The molecule has 0 saturated heterocycles. The van der Waals surface area contributed by atoms with Crippen LogP contribution >= 0.6 is 11.3 Å². The molecule has 0 fully saturated rings. The van der Waals surface area contributed by atoms with Gasteiger partial charge >= 0.3 is 0 Å². The first-order valence-corrected chi connectivity index (χ1v) is 7.00. The number of carbonyl (C=O) groups is 1. The van der Waals surface area contributed by atoms with Gasteiger partial charge in [-0.05, 0) is 35.9 Å². The highest BCUT2D eigenvalue weighted by atomic mass is 32.1. The molecule has 18 heavy (non-hydrogen) atoms. The summed E-state index contributed by atoms with van der Waals surface area (Å²) < 4.78 is 4.99. The monoisotopic (exact) mass is 270 g/mol. The first-order chi connectivity index (χ1) is 8.63. The van der Waals surface area contributed by atoms with Crippen LogP contribution in [0.15, 0.2) is 16.8 Å². The van der Waals surface area contributed by atoms with Crippen LogP contribution in [0.5, 0.6) is 0 Å². The second-order valence-electron chi connectivity index (χ2n) is 4.47. The van der Waals surface area contributed by atoms with Crippen molar-refractivity contribution < 1.29 is 9.53 Å². The lowest BCUT2D eigenvalue weighted by molar-refractivity contribution is -0.131.